The summed E-state index contributed by atoms with van der Waals surface area (Å²) in [6, 6.07) is 9.30. The summed E-state index contributed by atoms with van der Waals surface area (Å²) in [7, 11) is 1.63. The van der Waals surface area contributed by atoms with Crippen LogP contribution in [0, 0.1) is 0 Å². The first kappa shape index (κ1) is 16.5. The van der Waals surface area contributed by atoms with Crippen molar-refractivity contribution < 1.29 is 9.59 Å². The molecule has 2 rings (SSSR count). The van der Waals surface area contributed by atoms with Gasteiger partial charge in [0, 0.05) is 33.2 Å². The Morgan fingerprint density at radius 3 is 2.41 bits per heavy atom. The van der Waals surface area contributed by atoms with Crippen LogP contribution < -0.4 is 11.1 Å². The van der Waals surface area contributed by atoms with Crippen LogP contribution in [0.25, 0.3) is 0 Å². The van der Waals surface area contributed by atoms with E-state index in [9.17, 15) is 9.59 Å². The Morgan fingerprint density at radius 2 is 1.82 bits per heavy atom. The van der Waals surface area contributed by atoms with E-state index >= 15 is 0 Å². The largest absolute Gasteiger partial charge is 0.358 e. The van der Waals surface area contributed by atoms with Crippen molar-refractivity contribution in [2.75, 3.05) is 39.8 Å². The zero-order valence-corrected chi connectivity index (χ0v) is 13.0. The van der Waals surface area contributed by atoms with Crippen molar-refractivity contribution in [1.29, 1.82) is 0 Å². The minimum Gasteiger partial charge on any atom is -0.358 e. The van der Waals surface area contributed by atoms with E-state index < -0.39 is 6.04 Å². The number of carbonyl (C=O) groups excluding carboxylic acids is 2. The molecule has 1 atom stereocenters. The van der Waals surface area contributed by atoms with Crippen LogP contribution >= 0.6 is 0 Å². The van der Waals surface area contributed by atoms with E-state index in [-0.39, 0.29) is 11.8 Å². The molecule has 1 fully saturated rings. The number of nitrogens with one attached hydrogen (secondary N) is 1. The molecule has 1 aliphatic heterocycles. The van der Waals surface area contributed by atoms with Gasteiger partial charge in [0.2, 0.25) is 11.8 Å². The molecule has 2 amide bonds. The summed E-state index contributed by atoms with van der Waals surface area (Å²) < 4.78 is 0. The average molecular weight is 304 g/mol. The lowest BCUT2D eigenvalue weighted by Gasteiger charge is -2.35. The number of benzene rings is 1. The van der Waals surface area contributed by atoms with Gasteiger partial charge < -0.3 is 16.0 Å². The van der Waals surface area contributed by atoms with E-state index in [1.54, 1.807) is 11.9 Å². The third-order valence-electron chi connectivity index (χ3n) is 3.95. The standard InChI is InChI=1S/C16H24N4O2/c1-18-15(21)12-19-7-9-20(10-8-19)16(22)14(17)11-13-5-3-2-4-6-13/h2-6,14H,7-12,17H2,1H3,(H,18,21)/t14-/m0/s1. The van der Waals surface area contributed by atoms with Crippen LogP contribution in [0.2, 0.25) is 0 Å². The Hall–Kier alpha value is -1.92. The highest BCUT2D eigenvalue weighted by Gasteiger charge is 2.25. The predicted octanol–water partition coefficient (Wildman–Crippen LogP) is -0.553. The van der Waals surface area contributed by atoms with Crippen molar-refractivity contribution in [3.63, 3.8) is 0 Å². The summed E-state index contributed by atoms with van der Waals surface area (Å²) in [6.07, 6.45) is 0.554. The van der Waals surface area contributed by atoms with Gasteiger partial charge in [0.05, 0.1) is 12.6 Å². The molecule has 120 valence electrons. The Morgan fingerprint density at radius 1 is 1.18 bits per heavy atom. The van der Waals surface area contributed by atoms with Crippen LogP contribution in [-0.4, -0.2) is 67.4 Å². The maximum absolute atomic E-state index is 12.4. The Balaban J connectivity index is 1.80. The fraction of sp³-hybridized carbons (Fsp3) is 0.500. The van der Waals surface area contributed by atoms with E-state index in [0.29, 0.717) is 39.1 Å². The summed E-state index contributed by atoms with van der Waals surface area (Å²) in [5.41, 5.74) is 7.12. The number of hydrogen-bond donors (Lipinski definition) is 2. The molecule has 1 heterocycles. The predicted molar refractivity (Wildman–Crippen MR) is 85.2 cm³/mol. The van der Waals surface area contributed by atoms with Gasteiger partial charge in [-0.05, 0) is 12.0 Å². The molecule has 22 heavy (non-hydrogen) atoms. The number of nitrogens with two attached hydrogens (primary N) is 1. The normalized spacial score (nSPS) is 17.1. The van der Waals surface area contributed by atoms with Gasteiger partial charge in [-0.3, -0.25) is 14.5 Å². The molecule has 1 aromatic rings. The smallest absolute Gasteiger partial charge is 0.239 e. The van der Waals surface area contributed by atoms with Crippen LogP contribution in [0.3, 0.4) is 0 Å². The van der Waals surface area contributed by atoms with Gasteiger partial charge in [-0.15, -0.1) is 0 Å². The molecule has 0 bridgehead atoms. The molecule has 3 N–H and O–H groups in total. The quantitative estimate of drug-likeness (QED) is 0.765. The number of amides is 2. The number of hydrogen-bond acceptors (Lipinski definition) is 4. The van der Waals surface area contributed by atoms with Gasteiger partial charge in [0.25, 0.3) is 0 Å². The molecule has 0 aromatic heterocycles. The fourth-order valence-electron chi connectivity index (χ4n) is 2.60. The molecular formula is C16H24N4O2. The van der Waals surface area contributed by atoms with Crippen LogP contribution in [0.5, 0.6) is 0 Å². The highest BCUT2D eigenvalue weighted by molar-refractivity contribution is 5.82. The highest BCUT2D eigenvalue weighted by Crippen LogP contribution is 2.07. The van der Waals surface area contributed by atoms with Crippen LogP contribution in [0.15, 0.2) is 30.3 Å². The molecule has 6 nitrogen and oxygen atoms in total. The number of nitrogens with zero attached hydrogens (tertiary/aromatic N) is 2. The third kappa shape index (κ3) is 4.54. The van der Waals surface area contributed by atoms with E-state index in [1.807, 2.05) is 35.2 Å². The summed E-state index contributed by atoms with van der Waals surface area (Å²) >= 11 is 0. The van der Waals surface area contributed by atoms with Crippen molar-refractivity contribution in [2.45, 2.75) is 12.5 Å². The van der Waals surface area contributed by atoms with E-state index in [2.05, 4.69) is 5.32 Å². The molecular weight excluding hydrogens is 280 g/mol. The van der Waals surface area contributed by atoms with Crippen molar-refractivity contribution in [3.8, 4) is 0 Å². The van der Waals surface area contributed by atoms with Gasteiger partial charge in [-0.1, -0.05) is 30.3 Å². The van der Waals surface area contributed by atoms with E-state index in [0.717, 1.165) is 5.56 Å². The molecule has 6 heteroatoms. The molecule has 0 spiro atoms. The lowest BCUT2D eigenvalue weighted by atomic mass is 10.1. The SMILES string of the molecule is CNC(=O)CN1CCN(C(=O)[C@@H](N)Cc2ccccc2)CC1. The van der Waals surface area contributed by atoms with Gasteiger partial charge in [-0.2, -0.15) is 0 Å². The topological polar surface area (TPSA) is 78.7 Å². The highest BCUT2D eigenvalue weighted by atomic mass is 16.2. The van der Waals surface area contributed by atoms with Crippen LogP contribution in [0.1, 0.15) is 5.56 Å². The Kier molecular flexibility index (Phi) is 5.91. The summed E-state index contributed by atoms with van der Waals surface area (Å²) in [5, 5.41) is 2.61. The maximum Gasteiger partial charge on any atom is 0.239 e. The molecule has 1 saturated heterocycles. The first-order valence-corrected chi connectivity index (χ1v) is 7.61. The van der Waals surface area contributed by atoms with Gasteiger partial charge >= 0.3 is 0 Å². The van der Waals surface area contributed by atoms with Crippen molar-refractivity contribution in [1.82, 2.24) is 15.1 Å². The van der Waals surface area contributed by atoms with Gasteiger partial charge in [0.1, 0.15) is 0 Å². The van der Waals surface area contributed by atoms with E-state index in [1.165, 1.54) is 0 Å². The molecule has 0 radical (unpaired) electrons. The van der Waals surface area contributed by atoms with Crippen molar-refractivity contribution >= 4 is 11.8 Å². The zero-order chi connectivity index (χ0) is 15.9. The summed E-state index contributed by atoms with van der Waals surface area (Å²) in [6.45, 7) is 3.04. The van der Waals surface area contributed by atoms with E-state index in [4.69, 9.17) is 5.73 Å². The Labute approximate surface area is 131 Å². The minimum atomic E-state index is -0.507. The maximum atomic E-state index is 12.4. The Bertz CT molecular complexity index is 498. The summed E-state index contributed by atoms with van der Waals surface area (Å²) in [5.74, 6) is -0.0102. The monoisotopic (exact) mass is 304 g/mol. The summed E-state index contributed by atoms with van der Waals surface area (Å²) in [4.78, 5) is 27.6. The third-order valence-corrected chi connectivity index (χ3v) is 3.95. The zero-order valence-electron chi connectivity index (χ0n) is 13.0. The molecule has 0 unspecified atom stereocenters. The minimum absolute atomic E-state index is 0.000514. The average Bonchev–Trinajstić information content (AvgIpc) is 2.55. The van der Waals surface area contributed by atoms with Crippen molar-refractivity contribution in [2.24, 2.45) is 5.73 Å². The second kappa shape index (κ2) is 7.91. The van der Waals surface area contributed by atoms with Crippen LogP contribution in [-0.2, 0) is 16.0 Å². The van der Waals surface area contributed by atoms with Crippen molar-refractivity contribution in [3.05, 3.63) is 35.9 Å². The number of carbonyl (C=O) groups is 2. The molecule has 1 aliphatic rings. The van der Waals surface area contributed by atoms with Crippen LogP contribution in [0.4, 0.5) is 0 Å². The van der Waals surface area contributed by atoms with Gasteiger partial charge in [-0.25, -0.2) is 0 Å². The lowest BCUT2D eigenvalue weighted by Crippen LogP contribution is -2.54. The number of likely N-dealkylation sites (N-methyl/N-ethyl adjacent to an activating group) is 1. The number of rotatable bonds is 5. The fourth-order valence-corrected chi connectivity index (χ4v) is 2.60. The van der Waals surface area contributed by atoms with Gasteiger partial charge in [0.15, 0.2) is 0 Å². The second-order valence-electron chi connectivity index (χ2n) is 5.57. The first-order valence-electron chi connectivity index (χ1n) is 7.61. The lowest BCUT2D eigenvalue weighted by molar-refractivity contribution is -0.134. The molecule has 0 aliphatic carbocycles. The second-order valence-corrected chi connectivity index (χ2v) is 5.57. The first-order chi connectivity index (χ1) is 10.6. The molecule has 0 saturated carbocycles. The number of piperazine rings is 1. The molecule has 1 aromatic carbocycles.